The van der Waals surface area contributed by atoms with Crippen LogP contribution in [-0.4, -0.2) is 10.3 Å². The van der Waals surface area contributed by atoms with Crippen LogP contribution in [0.25, 0.3) is 11.1 Å². The van der Waals surface area contributed by atoms with E-state index < -0.39 is 5.82 Å². The Morgan fingerprint density at radius 2 is 2.13 bits per heavy atom. The first-order valence-corrected chi connectivity index (χ1v) is 4.77. The first-order valence-electron chi connectivity index (χ1n) is 3.98. The number of nitrogen functional groups attached to an aromatic ring is 1. The molecule has 1 aromatic carbocycles. The van der Waals surface area contributed by atoms with Crippen molar-refractivity contribution < 1.29 is 14.0 Å². The van der Waals surface area contributed by atoms with Gasteiger partial charge in [-0.15, -0.1) is 0 Å². The highest BCUT2D eigenvalue weighted by atomic mass is 79.9. The van der Waals surface area contributed by atoms with Gasteiger partial charge in [-0.3, -0.25) is 0 Å². The normalized spacial score (nSPS) is 10.5. The third kappa shape index (κ3) is 1.68. The number of rotatable bonds is 1. The number of aromatic hydroxyl groups is 1. The molecular formula is C9H6BrFN2O2. The van der Waals surface area contributed by atoms with Crippen molar-refractivity contribution in [2.75, 3.05) is 5.73 Å². The molecule has 1 heterocycles. The lowest BCUT2D eigenvalue weighted by molar-refractivity contribution is 0.436. The van der Waals surface area contributed by atoms with Crippen LogP contribution in [0.4, 0.5) is 10.3 Å². The smallest absolute Gasteiger partial charge is 0.230 e. The van der Waals surface area contributed by atoms with Gasteiger partial charge in [0.1, 0.15) is 11.6 Å². The molecule has 15 heavy (non-hydrogen) atoms. The number of benzene rings is 1. The van der Waals surface area contributed by atoms with Crippen molar-refractivity contribution in [3.8, 4) is 16.9 Å². The third-order valence-electron chi connectivity index (χ3n) is 1.92. The van der Waals surface area contributed by atoms with Gasteiger partial charge in [-0.05, 0) is 28.1 Å². The molecule has 0 spiro atoms. The maximum atomic E-state index is 13.1. The minimum Gasteiger partial charge on any atom is -0.506 e. The minimum absolute atomic E-state index is 0.0304. The third-order valence-corrected chi connectivity index (χ3v) is 2.52. The second-order valence-electron chi connectivity index (χ2n) is 2.89. The molecule has 0 aliphatic heterocycles. The Morgan fingerprint density at radius 3 is 2.73 bits per heavy atom. The molecule has 0 bridgehead atoms. The van der Waals surface area contributed by atoms with E-state index in [1.54, 1.807) is 0 Å². The number of phenols is 1. The van der Waals surface area contributed by atoms with Crippen LogP contribution in [-0.2, 0) is 0 Å². The van der Waals surface area contributed by atoms with Crippen LogP contribution >= 0.6 is 15.9 Å². The van der Waals surface area contributed by atoms with E-state index in [9.17, 15) is 9.50 Å². The standard InChI is InChI=1S/C9H6BrFN2O2/c10-7-2-4(11)1-5(8(7)14)6-3-13-15-9(6)12/h1-3,14H,12H2. The van der Waals surface area contributed by atoms with Crippen molar-refractivity contribution in [2.45, 2.75) is 0 Å². The summed E-state index contributed by atoms with van der Waals surface area (Å²) < 4.78 is 18.0. The quantitative estimate of drug-likeness (QED) is 0.837. The number of hydrogen-bond acceptors (Lipinski definition) is 4. The fourth-order valence-corrected chi connectivity index (χ4v) is 1.65. The Kier molecular flexibility index (Phi) is 2.36. The number of halogens is 2. The Morgan fingerprint density at radius 1 is 1.40 bits per heavy atom. The van der Waals surface area contributed by atoms with Gasteiger partial charge in [-0.2, -0.15) is 0 Å². The highest BCUT2D eigenvalue weighted by Gasteiger charge is 2.15. The molecule has 2 rings (SSSR count). The molecule has 0 radical (unpaired) electrons. The van der Waals surface area contributed by atoms with Gasteiger partial charge in [-0.25, -0.2) is 4.39 Å². The summed E-state index contributed by atoms with van der Waals surface area (Å²) in [6.07, 6.45) is 1.32. The van der Waals surface area contributed by atoms with Crippen molar-refractivity contribution in [3.63, 3.8) is 0 Å². The summed E-state index contributed by atoms with van der Waals surface area (Å²) in [6, 6.07) is 2.31. The number of anilines is 1. The molecule has 1 aromatic heterocycles. The molecule has 0 saturated carbocycles. The Hall–Kier alpha value is -1.56. The summed E-state index contributed by atoms with van der Waals surface area (Å²) in [5.41, 5.74) is 6.05. The average molecular weight is 273 g/mol. The van der Waals surface area contributed by atoms with Gasteiger partial charge >= 0.3 is 0 Å². The van der Waals surface area contributed by atoms with Crippen LogP contribution < -0.4 is 5.73 Å². The molecule has 0 atom stereocenters. The zero-order chi connectivity index (χ0) is 11.0. The van der Waals surface area contributed by atoms with Gasteiger partial charge in [0.15, 0.2) is 0 Å². The summed E-state index contributed by atoms with van der Waals surface area (Å²) in [6.45, 7) is 0. The van der Waals surface area contributed by atoms with E-state index in [1.165, 1.54) is 6.20 Å². The van der Waals surface area contributed by atoms with E-state index in [-0.39, 0.29) is 21.7 Å². The minimum atomic E-state index is -0.490. The summed E-state index contributed by atoms with van der Waals surface area (Å²) >= 11 is 3.03. The topological polar surface area (TPSA) is 72.3 Å². The largest absolute Gasteiger partial charge is 0.506 e. The van der Waals surface area contributed by atoms with Crippen LogP contribution in [0.3, 0.4) is 0 Å². The maximum Gasteiger partial charge on any atom is 0.230 e. The first kappa shape index (κ1) is 9.97. The van der Waals surface area contributed by atoms with Gasteiger partial charge < -0.3 is 15.4 Å². The van der Waals surface area contributed by atoms with Gasteiger partial charge in [0, 0.05) is 5.56 Å². The summed E-state index contributed by atoms with van der Waals surface area (Å²) in [5, 5.41) is 13.1. The average Bonchev–Trinajstić information content (AvgIpc) is 2.58. The van der Waals surface area contributed by atoms with Crippen molar-refractivity contribution in [3.05, 3.63) is 28.6 Å². The highest BCUT2D eigenvalue weighted by molar-refractivity contribution is 9.10. The zero-order valence-electron chi connectivity index (χ0n) is 7.37. The predicted octanol–water partition coefficient (Wildman–Crippen LogP) is 2.53. The van der Waals surface area contributed by atoms with Crippen LogP contribution in [0.5, 0.6) is 5.75 Å². The lowest BCUT2D eigenvalue weighted by atomic mass is 10.1. The fourth-order valence-electron chi connectivity index (χ4n) is 1.22. The first-order chi connectivity index (χ1) is 7.09. The molecule has 78 valence electrons. The van der Waals surface area contributed by atoms with Crippen molar-refractivity contribution in [2.24, 2.45) is 0 Å². The van der Waals surface area contributed by atoms with Crippen molar-refractivity contribution in [1.82, 2.24) is 5.16 Å². The SMILES string of the molecule is Nc1oncc1-c1cc(F)cc(Br)c1O. The Bertz CT molecular complexity index is 513. The number of nitrogens with zero attached hydrogens (tertiary/aromatic N) is 1. The van der Waals surface area contributed by atoms with Crippen molar-refractivity contribution in [1.29, 1.82) is 0 Å². The predicted molar refractivity (Wildman–Crippen MR) is 55.7 cm³/mol. The lowest BCUT2D eigenvalue weighted by Gasteiger charge is -2.04. The van der Waals surface area contributed by atoms with Crippen LogP contribution in [0.2, 0.25) is 0 Å². The molecule has 0 aliphatic rings. The highest BCUT2D eigenvalue weighted by Crippen LogP contribution is 2.38. The number of nitrogens with two attached hydrogens (primary N) is 1. The van der Waals surface area contributed by atoms with Crippen LogP contribution in [0.15, 0.2) is 27.3 Å². The molecule has 6 heteroatoms. The van der Waals surface area contributed by atoms with Gasteiger partial charge in [0.2, 0.25) is 5.88 Å². The van der Waals surface area contributed by atoms with Gasteiger partial charge in [0.05, 0.1) is 16.2 Å². The number of phenolic OH excluding ortho intramolecular Hbond substituents is 1. The lowest BCUT2D eigenvalue weighted by Crippen LogP contribution is -1.87. The summed E-state index contributed by atoms with van der Waals surface area (Å²) in [7, 11) is 0. The molecule has 0 fully saturated rings. The Labute approximate surface area is 92.6 Å². The zero-order valence-corrected chi connectivity index (χ0v) is 8.95. The summed E-state index contributed by atoms with van der Waals surface area (Å²) in [4.78, 5) is 0. The van der Waals surface area contributed by atoms with E-state index in [0.717, 1.165) is 12.1 Å². The molecule has 0 saturated heterocycles. The van der Waals surface area contributed by atoms with Crippen LogP contribution in [0, 0.1) is 5.82 Å². The molecule has 2 aromatic rings. The van der Waals surface area contributed by atoms with Gasteiger partial charge in [0.25, 0.3) is 0 Å². The fraction of sp³-hybridized carbons (Fsp3) is 0. The number of hydrogen-bond donors (Lipinski definition) is 2. The van der Waals surface area contributed by atoms with Crippen molar-refractivity contribution >= 4 is 21.8 Å². The van der Waals surface area contributed by atoms with E-state index in [4.69, 9.17) is 5.73 Å². The monoisotopic (exact) mass is 272 g/mol. The molecule has 0 amide bonds. The molecule has 4 nitrogen and oxygen atoms in total. The second-order valence-corrected chi connectivity index (χ2v) is 3.74. The van der Waals surface area contributed by atoms with E-state index in [2.05, 4.69) is 25.6 Å². The van der Waals surface area contributed by atoms with Crippen LogP contribution in [0.1, 0.15) is 0 Å². The molecular weight excluding hydrogens is 267 g/mol. The molecule has 3 N–H and O–H groups in total. The second kappa shape index (κ2) is 3.54. The molecule has 0 aliphatic carbocycles. The maximum absolute atomic E-state index is 13.1. The number of aromatic nitrogens is 1. The van der Waals surface area contributed by atoms with E-state index in [0.29, 0.717) is 5.56 Å². The Balaban J connectivity index is 2.68. The van der Waals surface area contributed by atoms with E-state index in [1.807, 2.05) is 0 Å². The van der Waals surface area contributed by atoms with E-state index >= 15 is 0 Å². The van der Waals surface area contributed by atoms with Gasteiger partial charge in [-0.1, -0.05) is 5.16 Å². The summed E-state index contributed by atoms with van der Waals surface area (Å²) in [5.74, 6) is -0.565. The molecule has 0 unspecified atom stereocenters.